The van der Waals surface area contributed by atoms with Gasteiger partial charge in [0, 0.05) is 19.7 Å². The molecule has 1 aromatic heterocycles. The van der Waals surface area contributed by atoms with E-state index < -0.39 is 6.04 Å². The highest BCUT2D eigenvalue weighted by atomic mass is 16.2. The molecule has 0 bridgehead atoms. The fraction of sp³-hybridized carbons (Fsp3) is 0.667. The number of amides is 2. The lowest BCUT2D eigenvalue weighted by Gasteiger charge is -2.33. The van der Waals surface area contributed by atoms with Crippen LogP contribution in [0.4, 0.5) is 0 Å². The SMILES string of the molecule is CNC(=O)[C@@H]1CN(C(=O)CC2CCCC2)Cc2ccnn21. The summed E-state index contributed by atoms with van der Waals surface area (Å²) < 4.78 is 1.73. The molecule has 1 aromatic rings. The summed E-state index contributed by atoms with van der Waals surface area (Å²) in [6.45, 7) is 0.971. The highest BCUT2D eigenvalue weighted by molar-refractivity contribution is 5.82. The Hall–Kier alpha value is -1.85. The van der Waals surface area contributed by atoms with Gasteiger partial charge in [0.05, 0.1) is 18.8 Å². The molecule has 0 radical (unpaired) electrons. The van der Waals surface area contributed by atoms with E-state index in [1.165, 1.54) is 12.8 Å². The zero-order valence-electron chi connectivity index (χ0n) is 12.4. The smallest absolute Gasteiger partial charge is 0.246 e. The number of carbonyl (C=O) groups excluding carboxylic acids is 2. The first-order valence-corrected chi connectivity index (χ1v) is 7.71. The van der Waals surface area contributed by atoms with E-state index in [0.29, 0.717) is 25.4 Å². The Morgan fingerprint density at radius 2 is 2.14 bits per heavy atom. The highest BCUT2D eigenvalue weighted by Crippen LogP contribution is 2.29. The van der Waals surface area contributed by atoms with Crippen LogP contribution in [0, 0.1) is 5.92 Å². The van der Waals surface area contributed by atoms with E-state index in [4.69, 9.17) is 0 Å². The van der Waals surface area contributed by atoms with Crippen molar-refractivity contribution in [1.82, 2.24) is 20.0 Å². The number of fused-ring (bicyclic) bond motifs is 1. The van der Waals surface area contributed by atoms with Crippen LogP contribution in [-0.4, -0.2) is 40.1 Å². The topological polar surface area (TPSA) is 67.2 Å². The van der Waals surface area contributed by atoms with Crippen molar-refractivity contribution in [2.75, 3.05) is 13.6 Å². The second-order valence-electron chi connectivity index (χ2n) is 6.03. The predicted molar refractivity (Wildman–Crippen MR) is 77.3 cm³/mol. The number of hydrogen-bond acceptors (Lipinski definition) is 3. The number of hydrogen-bond donors (Lipinski definition) is 1. The van der Waals surface area contributed by atoms with Gasteiger partial charge in [-0.2, -0.15) is 5.10 Å². The normalized spacial score (nSPS) is 22.1. The maximum absolute atomic E-state index is 12.5. The standard InChI is InChI=1S/C15H22N4O2/c1-16-15(21)13-10-18(9-12-6-7-17-19(12)13)14(20)8-11-4-2-3-5-11/h6-7,11,13H,2-5,8-10H2,1H3,(H,16,21)/t13-/m0/s1. The molecular weight excluding hydrogens is 268 g/mol. The molecule has 114 valence electrons. The molecule has 2 heterocycles. The van der Waals surface area contributed by atoms with Gasteiger partial charge in [-0.15, -0.1) is 0 Å². The average Bonchev–Trinajstić information content (AvgIpc) is 3.15. The first kappa shape index (κ1) is 14.1. The summed E-state index contributed by atoms with van der Waals surface area (Å²) in [6.07, 6.45) is 7.12. The van der Waals surface area contributed by atoms with Gasteiger partial charge in [-0.05, 0) is 24.8 Å². The summed E-state index contributed by atoms with van der Waals surface area (Å²) in [6, 6.07) is 1.46. The molecule has 1 saturated carbocycles. The van der Waals surface area contributed by atoms with E-state index in [-0.39, 0.29) is 11.8 Å². The van der Waals surface area contributed by atoms with Crippen LogP contribution < -0.4 is 5.32 Å². The van der Waals surface area contributed by atoms with Crippen LogP contribution in [0.3, 0.4) is 0 Å². The molecule has 1 aliphatic carbocycles. The zero-order chi connectivity index (χ0) is 14.8. The maximum Gasteiger partial charge on any atom is 0.246 e. The van der Waals surface area contributed by atoms with E-state index in [9.17, 15) is 9.59 Å². The highest BCUT2D eigenvalue weighted by Gasteiger charge is 2.33. The van der Waals surface area contributed by atoms with Gasteiger partial charge in [-0.3, -0.25) is 14.3 Å². The van der Waals surface area contributed by atoms with Crippen molar-refractivity contribution in [1.29, 1.82) is 0 Å². The van der Waals surface area contributed by atoms with Crippen molar-refractivity contribution in [3.8, 4) is 0 Å². The van der Waals surface area contributed by atoms with Gasteiger partial charge >= 0.3 is 0 Å². The van der Waals surface area contributed by atoms with E-state index in [0.717, 1.165) is 18.5 Å². The van der Waals surface area contributed by atoms with Crippen LogP contribution in [0.15, 0.2) is 12.3 Å². The average molecular weight is 290 g/mol. The Bertz CT molecular complexity index is 534. The number of nitrogens with zero attached hydrogens (tertiary/aromatic N) is 3. The molecule has 1 fully saturated rings. The molecule has 1 atom stereocenters. The largest absolute Gasteiger partial charge is 0.357 e. The fourth-order valence-electron chi connectivity index (χ4n) is 3.43. The molecule has 6 nitrogen and oxygen atoms in total. The molecule has 0 aromatic carbocycles. The maximum atomic E-state index is 12.5. The molecule has 2 aliphatic rings. The number of likely N-dealkylation sites (N-methyl/N-ethyl adjacent to an activating group) is 1. The van der Waals surface area contributed by atoms with E-state index in [1.54, 1.807) is 17.9 Å². The molecule has 1 N–H and O–H groups in total. The summed E-state index contributed by atoms with van der Waals surface area (Å²) in [4.78, 5) is 26.4. The van der Waals surface area contributed by atoms with Gasteiger partial charge in [-0.1, -0.05) is 12.8 Å². The molecule has 0 unspecified atom stereocenters. The van der Waals surface area contributed by atoms with Gasteiger partial charge < -0.3 is 10.2 Å². The third-order valence-electron chi connectivity index (χ3n) is 4.63. The Morgan fingerprint density at radius 1 is 1.38 bits per heavy atom. The summed E-state index contributed by atoms with van der Waals surface area (Å²) in [5.41, 5.74) is 0.926. The van der Waals surface area contributed by atoms with E-state index in [1.807, 2.05) is 11.0 Å². The molecule has 21 heavy (non-hydrogen) atoms. The van der Waals surface area contributed by atoms with Gasteiger partial charge in [0.25, 0.3) is 0 Å². The third-order valence-corrected chi connectivity index (χ3v) is 4.63. The summed E-state index contributed by atoms with van der Waals surface area (Å²) in [7, 11) is 1.62. The second-order valence-corrected chi connectivity index (χ2v) is 6.03. The fourth-order valence-corrected chi connectivity index (χ4v) is 3.43. The first-order chi connectivity index (χ1) is 10.2. The zero-order valence-corrected chi connectivity index (χ0v) is 12.4. The number of aromatic nitrogens is 2. The minimum Gasteiger partial charge on any atom is -0.357 e. The minimum absolute atomic E-state index is 0.0988. The van der Waals surface area contributed by atoms with Crippen LogP contribution in [0.25, 0.3) is 0 Å². The number of nitrogens with one attached hydrogen (secondary N) is 1. The van der Waals surface area contributed by atoms with Crippen LogP contribution in [0.1, 0.15) is 43.8 Å². The monoisotopic (exact) mass is 290 g/mol. The molecular formula is C15H22N4O2. The van der Waals surface area contributed by atoms with Gasteiger partial charge in [0.2, 0.25) is 11.8 Å². The predicted octanol–water partition coefficient (Wildman–Crippen LogP) is 1.09. The van der Waals surface area contributed by atoms with Crippen LogP contribution in [0.5, 0.6) is 0 Å². The lowest BCUT2D eigenvalue weighted by molar-refractivity contribution is -0.136. The van der Waals surface area contributed by atoms with Gasteiger partial charge in [-0.25, -0.2) is 0 Å². The van der Waals surface area contributed by atoms with Crippen molar-refractivity contribution in [3.63, 3.8) is 0 Å². The van der Waals surface area contributed by atoms with E-state index >= 15 is 0 Å². The third kappa shape index (κ3) is 2.80. The Labute approximate surface area is 124 Å². The van der Waals surface area contributed by atoms with Crippen LogP contribution in [0.2, 0.25) is 0 Å². The molecule has 1 aliphatic heterocycles. The quantitative estimate of drug-likeness (QED) is 0.906. The number of rotatable bonds is 3. The van der Waals surface area contributed by atoms with Crippen molar-refractivity contribution < 1.29 is 9.59 Å². The molecule has 3 rings (SSSR count). The van der Waals surface area contributed by atoms with Gasteiger partial charge in [0.15, 0.2) is 0 Å². The molecule has 0 spiro atoms. The van der Waals surface area contributed by atoms with E-state index in [2.05, 4.69) is 10.4 Å². The Balaban J connectivity index is 1.72. The first-order valence-electron chi connectivity index (χ1n) is 7.71. The summed E-state index contributed by atoms with van der Waals surface area (Å²) in [5.74, 6) is 0.601. The lowest BCUT2D eigenvalue weighted by atomic mass is 10.0. The van der Waals surface area contributed by atoms with Crippen LogP contribution in [-0.2, 0) is 16.1 Å². The Kier molecular flexibility index (Phi) is 3.94. The Morgan fingerprint density at radius 3 is 2.86 bits per heavy atom. The number of carbonyl (C=O) groups is 2. The summed E-state index contributed by atoms with van der Waals surface area (Å²) in [5, 5.41) is 6.88. The molecule has 6 heteroatoms. The lowest BCUT2D eigenvalue weighted by Crippen LogP contribution is -2.46. The van der Waals surface area contributed by atoms with Crippen LogP contribution >= 0.6 is 0 Å². The molecule has 0 saturated heterocycles. The van der Waals surface area contributed by atoms with Crippen molar-refractivity contribution in [3.05, 3.63) is 18.0 Å². The summed E-state index contributed by atoms with van der Waals surface area (Å²) >= 11 is 0. The molecule has 2 amide bonds. The van der Waals surface area contributed by atoms with Crippen molar-refractivity contribution >= 4 is 11.8 Å². The second kappa shape index (κ2) is 5.87. The van der Waals surface area contributed by atoms with Crippen molar-refractivity contribution in [2.45, 2.75) is 44.7 Å². The van der Waals surface area contributed by atoms with Crippen molar-refractivity contribution in [2.24, 2.45) is 5.92 Å². The van der Waals surface area contributed by atoms with Gasteiger partial charge in [0.1, 0.15) is 6.04 Å². The minimum atomic E-state index is -0.415.